The Kier molecular flexibility index (Phi) is 4.14. The molecule has 2 aromatic rings. The van der Waals surface area contributed by atoms with Crippen molar-refractivity contribution in [3.63, 3.8) is 0 Å². The summed E-state index contributed by atoms with van der Waals surface area (Å²) in [6, 6.07) is 1.83. The zero-order chi connectivity index (χ0) is 19.2. The van der Waals surface area contributed by atoms with Crippen molar-refractivity contribution in [1.82, 2.24) is 14.8 Å². The van der Waals surface area contributed by atoms with Crippen LogP contribution in [-0.4, -0.2) is 50.2 Å². The van der Waals surface area contributed by atoms with Crippen molar-refractivity contribution in [2.24, 2.45) is 0 Å². The number of benzene rings is 1. The second-order valence-corrected chi connectivity index (χ2v) is 6.36. The average Bonchev–Trinajstić information content (AvgIpc) is 3.03. The van der Waals surface area contributed by atoms with Crippen molar-refractivity contribution in [1.29, 1.82) is 0 Å². The highest BCUT2D eigenvalue weighted by molar-refractivity contribution is 7.18. The number of hydrogen-bond donors (Lipinski definition) is 1. The number of nitrogens with zero attached hydrogens (tertiary/aromatic N) is 3. The molecule has 1 aromatic heterocycles. The Morgan fingerprint density at radius 2 is 1.81 bits per heavy atom. The zero-order valence-corrected chi connectivity index (χ0v) is 13.4. The molecule has 0 bridgehead atoms. The van der Waals surface area contributed by atoms with Gasteiger partial charge in [0.25, 0.3) is 0 Å². The van der Waals surface area contributed by atoms with Gasteiger partial charge in [-0.15, -0.1) is 11.3 Å². The van der Waals surface area contributed by atoms with Crippen LogP contribution in [0.2, 0.25) is 0 Å². The number of carbonyl (C=O) groups is 4. The summed E-state index contributed by atoms with van der Waals surface area (Å²) in [5.74, 6) is -3.97. The van der Waals surface area contributed by atoms with Gasteiger partial charge in [0.05, 0.1) is 22.3 Å². The van der Waals surface area contributed by atoms with Gasteiger partial charge in [0.2, 0.25) is 0 Å². The molecule has 26 heavy (non-hydrogen) atoms. The molecule has 0 spiro atoms. The first-order valence-electron chi connectivity index (χ1n) is 6.93. The molecule has 4 amide bonds. The van der Waals surface area contributed by atoms with Crippen LogP contribution in [0.15, 0.2) is 18.2 Å². The van der Waals surface area contributed by atoms with E-state index in [-0.39, 0.29) is 15.4 Å². The molecule has 3 rings (SSSR count). The summed E-state index contributed by atoms with van der Waals surface area (Å²) >= 11 is 0.953. The number of halogens is 3. The number of hydrogen-bond acceptors (Lipinski definition) is 6. The monoisotopic (exact) mass is 387 g/mol. The van der Waals surface area contributed by atoms with Crippen LogP contribution in [0.1, 0.15) is 10.6 Å². The summed E-state index contributed by atoms with van der Waals surface area (Å²) in [5, 5.41) is 8.81. The summed E-state index contributed by atoms with van der Waals surface area (Å²) in [7, 11) is 0. The number of carboxylic acids is 1. The van der Waals surface area contributed by atoms with Gasteiger partial charge >= 0.3 is 30.0 Å². The number of aromatic nitrogens is 1. The molecule has 1 aromatic carbocycles. The van der Waals surface area contributed by atoms with Gasteiger partial charge in [-0.2, -0.15) is 13.2 Å². The first-order chi connectivity index (χ1) is 12.1. The fraction of sp³-hybridized carbons (Fsp3) is 0.214. The lowest BCUT2D eigenvalue weighted by atomic mass is 10.2. The summed E-state index contributed by atoms with van der Waals surface area (Å²) in [4.78, 5) is 51.0. The number of alkyl halides is 3. The first kappa shape index (κ1) is 17.8. The van der Waals surface area contributed by atoms with Gasteiger partial charge in [-0.3, -0.25) is 14.4 Å². The third-order valence-corrected chi connectivity index (χ3v) is 4.50. The van der Waals surface area contributed by atoms with Crippen LogP contribution in [0.3, 0.4) is 0 Å². The summed E-state index contributed by atoms with van der Waals surface area (Å²) in [6.45, 7) is -1.41. The van der Waals surface area contributed by atoms with Gasteiger partial charge in [-0.1, -0.05) is 0 Å². The van der Waals surface area contributed by atoms with Gasteiger partial charge < -0.3 is 5.11 Å². The highest BCUT2D eigenvalue weighted by Gasteiger charge is 2.45. The van der Waals surface area contributed by atoms with Crippen LogP contribution >= 0.6 is 11.3 Å². The van der Waals surface area contributed by atoms with Gasteiger partial charge in [0, 0.05) is 0 Å². The summed E-state index contributed by atoms with van der Waals surface area (Å²) < 4.78 is 38.6. The summed E-state index contributed by atoms with van der Waals surface area (Å²) in [6.07, 6.45) is -4.54. The Hall–Kier alpha value is -3.02. The minimum absolute atomic E-state index is 0.0349. The van der Waals surface area contributed by atoms with Crippen LogP contribution in [-0.2, 0) is 27.1 Å². The van der Waals surface area contributed by atoms with E-state index < -0.39 is 48.6 Å². The SMILES string of the molecule is O=C(O)CN1C(=O)C(=O)N(Cc2nc3cc(C(F)(F)F)ccc3s2)C1=O. The normalized spacial score (nSPS) is 15.4. The van der Waals surface area contributed by atoms with E-state index in [1.165, 1.54) is 6.07 Å². The second kappa shape index (κ2) is 6.05. The van der Waals surface area contributed by atoms with Gasteiger partial charge in [-0.25, -0.2) is 19.6 Å². The first-order valence-corrected chi connectivity index (χ1v) is 7.75. The molecule has 1 N–H and O–H groups in total. The molecule has 1 aliphatic rings. The summed E-state index contributed by atoms with van der Waals surface area (Å²) in [5.41, 5.74) is -0.856. The molecule has 0 atom stereocenters. The molecule has 0 saturated carbocycles. The van der Waals surface area contributed by atoms with E-state index in [4.69, 9.17) is 5.11 Å². The number of urea groups is 1. The van der Waals surface area contributed by atoms with Crippen molar-refractivity contribution in [3.05, 3.63) is 28.8 Å². The lowest BCUT2D eigenvalue weighted by Crippen LogP contribution is -2.36. The quantitative estimate of drug-likeness (QED) is 0.632. The number of amides is 4. The van der Waals surface area contributed by atoms with Crippen molar-refractivity contribution in [2.45, 2.75) is 12.7 Å². The fourth-order valence-corrected chi connectivity index (χ4v) is 3.26. The fourth-order valence-electron chi connectivity index (χ4n) is 2.32. The molecule has 12 heteroatoms. The zero-order valence-electron chi connectivity index (χ0n) is 12.6. The largest absolute Gasteiger partial charge is 0.480 e. The molecule has 1 saturated heterocycles. The topological polar surface area (TPSA) is 108 Å². The standard InChI is InChI=1S/C14H8F3N3O5S/c15-14(16,17)6-1-2-8-7(3-6)18-9(26-8)4-19-11(23)12(24)20(13(19)25)5-10(21)22/h1-3H,4-5H2,(H,21,22). The number of imide groups is 2. The molecular weight excluding hydrogens is 379 g/mol. The maximum Gasteiger partial charge on any atom is 0.416 e. The van der Waals surface area contributed by atoms with Crippen LogP contribution in [0, 0.1) is 0 Å². The van der Waals surface area contributed by atoms with E-state index in [0.29, 0.717) is 9.60 Å². The predicted molar refractivity (Wildman–Crippen MR) is 79.9 cm³/mol. The van der Waals surface area contributed by atoms with Crippen molar-refractivity contribution in [3.8, 4) is 0 Å². The number of thiazole rings is 1. The third-order valence-electron chi connectivity index (χ3n) is 3.48. The Bertz CT molecular complexity index is 955. The number of aliphatic carboxylic acids is 1. The molecule has 1 aliphatic heterocycles. The highest BCUT2D eigenvalue weighted by atomic mass is 32.1. The molecule has 8 nitrogen and oxygen atoms in total. The molecule has 0 unspecified atom stereocenters. The van der Waals surface area contributed by atoms with E-state index in [1.54, 1.807) is 0 Å². The van der Waals surface area contributed by atoms with Gasteiger partial charge in [0.1, 0.15) is 11.6 Å². The van der Waals surface area contributed by atoms with Crippen LogP contribution in [0.25, 0.3) is 10.2 Å². The van der Waals surface area contributed by atoms with E-state index >= 15 is 0 Å². The van der Waals surface area contributed by atoms with Crippen molar-refractivity contribution < 1.29 is 37.5 Å². The maximum atomic E-state index is 12.7. The number of carbonyl (C=O) groups excluding carboxylic acids is 3. The Labute approximate surface area is 146 Å². The smallest absolute Gasteiger partial charge is 0.416 e. The van der Waals surface area contributed by atoms with E-state index in [9.17, 15) is 32.3 Å². The minimum atomic E-state index is -4.54. The van der Waals surface area contributed by atoms with E-state index in [2.05, 4.69) is 4.98 Å². The lowest BCUT2D eigenvalue weighted by Gasteiger charge is -2.12. The predicted octanol–water partition coefficient (Wildman–Crippen LogP) is 1.69. The number of fused-ring (bicyclic) bond motifs is 1. The van der Waals surface area contributed by atoms with E-state index in [1.807, 2.05) is 0 Å². The minimum Gasteiger partial charge on any atom is -0.480 e. The van der Waals surface area contributed by atoms with Gasteiger partial charge in [0.15, 0.2) is 0 Å². The molecule has 136 valence electrons. The van der Waals surface area contributed by atoms with Crippen LogP contribution in [0.5, 0.6) is 0 Å². The van der Waals surface area contributed by atoms with Gasteiger partial charge in [-0.05, 0) is 18.2 Å². The Morgan fingerprint density at radius 3 is 2.42 bits per heavy atom. The molecule has 0 radical (unpaired) electrons. The highest BCUT2D eigenvalue weighted by Crippen LogP contribution is 2.33. The van der Waals surface area contributed by atoms with Crippen LogP contribution in [0.4, 0.5) is 18.0 Å². The molecule has 0 aliphatic carbocycles. The average molecular weight is 387 g/mol. The lowest BCUT2D eigenvalue weighted by molar-refractivity contribution is -0.146. The van der Waals surface area contributed by atoms with Crippen molar-refractivity contribution in [2.75, 3.05) is 6.54 Å². The Morgan fingerprint density at radius 1 is 1.15 bits per heavy atom. The molecule has 2 heterocycles. The Balaban J connectivity index is 1.86. The second-order valence-electron chi connectivity index (χ2n) is 5.25. The number of rotatable bonds is 4. The van der Waals surface area contributed by atoms with Crippen LogP contribution < -0.4 is 0 Å². The van der Waals surface area contributed by atoms with E-state index in [0.717, 1.165) is 23.5 Å². The van der Waals surface area contributed by atoms with Crippen molar-refractivity contribution >= 4 is 45.4 Å². The molecular formula is C14H8F3N3O5S. The number of carboxylic acid groups (broad SMARTS) is 1. The molecule has 1 fully saturated rings. The maximum absolute atomic E-state index is 12.7. The third kappa shape index (κ3) is 3.10.